The maximum absolute atomic E-state index is 12.7. The molecule has 0 amide bonds. The fraction of sp³-hybridized carbons (Fsp3) is 0.182. The van der Waals surface area contributed by atoms with E-state index in [4.69, 9.17) is 0 Å². The van der Waals surface area contributed by atoms with Gasteiger partial charge in [-0.05, 0) is 48.0 Å². The van der Waals surface area contributed by atoms with Crippen LogP contribution < -0.4 is 10.6 Å². The van der Waals surface area contributed by atoms with Crippen molar-refractivity contribution < 1.29 is 13.5 Å². The Balaban J connectivity index is 1.40. The lowest BCUT2D eigenvalue weighted by Crippen LogP contribution is -2.46. The molecule has 3 aromatic rings. The van der Waals surface area contributed by atoms with Crippen molar-refractivity contribution in [3.8, 4) is 5.75 Å². The van der Waals surface area contributed by atoms with Crippen molar-refractivity contribution in [1.29, 1.82) is 0 Å². The molecule has 0 atom stereocenters. The first kappa shape index (κ1) is 21.0. The first-order valence-electron chi connectivity index (χ1n) is 9.88. The van der Waals surface area contributed by atoms with E-state index in [2.05, 4.69) is 20.6 Å². The number of hydrogen-bond acceptors (Lipinski definition) is 7. The monoisotopic (exact) mass is 437 g/mol. The van der Waals surface area contributed by atoms with Gasteiger partial charge in [-0.2, -0.15) is 4.31 Å². The molecule has 1 aliphatic rings. The van der Waals surface area contributed by atoms with Gasteiger partial charge in [-0.3, -0.25) is 4.98 Å². The molecule has 0 radical (unpaired) electrons. The van der Waals surface area contributed by atoms with E-state index < -0.39 is 10.0 Å². The smallest absolute Gasteiger partial charge is 0.243 e. The highest BCUT2D eigenvalue weighted by atomic mass is 32.2. The van der Waals surface area contributed by atoms with E-state index in [0.717, 1.165) is 11.3 Å². The molecule has 0 aliphatic carbocycles. The molecule has 2 heterocycles. The predicted octanol–water partition coefficient (Wildman–Crippen LogP) is 2.69. The summed E-state index contributed by atoms with van der Waals surface area (Å²) in [6.45, 7) is 2.28. The van der Waals surface area contributed by atoms with Crippen LogP contribution in [0.5, 0.6) is 5.75 Å². The van der Waals surface area contributed by atoms with Crippen molar-refractivity contribution in [1.82, 2.24) is 19.6 Å². The highest BCUT2D eigenvalue weighted by Gasteiger charge is 2.25. The zero-order valence-corrected chi connectivity index (χ0v) is 17.6. The quantitative estimate of drug-likeness (QED) is 0.544. The molecule has 0 spiro atoms. The number of phenols is 1. The van der Waals surface area contributed by atoms with Crippen LogP contribution in [0.4, 0.5) is 11.5 Å². The standard InChI is InChI=1S/C22H23N5O3S/c28-20-3-1-2-17(14-20)4-5-19-15-25-22(16-24-19)26-18-6-8-21(9-7-18)31(29,30)27-12-10-23-11-13-27/h1-9,14-16,23,28H,10-13H2,(H,25,26)/b5-4+. The minimum Gasteiger partial charge on any atom is -0.508 e. The third-order valence-electron chi connectivity index (χ3n) is 4.83. The Hall–Kier alpha value is -3.27. The van der Waals surface area contributed by atoms with Crippen LogP contribution in [0.2, 0.25) is 0 Å². The number of phenolic OH excluding ortho intramolecular Hbond substituents is 1. The SMILES string of the molecule is O=S(=O)(c1ccc(Nc2cnc(/C=C/c3cccc(O)c3)cn2)cc1)N1CCNCC1. The second kappa shape index (κ2) is 9.25. The number of anilines is 2. The molecule has 2 aromatic carbocycles. The average Bonchev–Trinajstić information content (AvgIpc) is 2.80. The third kappa shape index (κ3) is 5.26. The lowest BCUT2D eigenvalue weighted by Gasteiger charge is -2.26. The van der Waals surface area contributed by atoms with E-state index in [-0.39, 0.29) is 10.6 Å². The Morgan fingerprint density at radius 3 is 2.45 bits per heavy atom. The first-order valence-corrected chi connectivity index (χ1v) is 11.3. The Labute approximate surface area is 181 Å². The fourth-order valence-corrected chi connectivity index (χ4v) is 4.63. The van der Waals surface area contributed by atoms with Gasteiger partial charge >= 0.3 is 0 Å². The lowest BCUT2D eigenvalue weighted by atomic mass is 10.2. The lowest BCUT2D eigenvalue weighted by molar-refractivity contribution is 0.360. The number of aromatic nitrogens is 2. The van der Waals surface area contributed by atoms with Gasteiger partial charge in [-0.15, -0.1) is 0 Å². The molecule has 9 heteroatoms. The summed E-state index contributed by atoms with van der Waals surface area (Å²) in [4.78, 5) is 8.96. The first-order chi connectivity index (χ1) is 15.0. The van der Waals surface area contributed by atoms with Gasteiger partial charge in [0.05, 0.1) is 23.0 Å². The van der Waals surface area contributed by atoms with Crippen LogP contribution in [0.25, 0.3) is 12.2 Å². The summed E-state index contributed by atoms with van der Waals surface area (Å²) in [6, 6.07) is 13.5. The molecule has 1 saturated heterocycles. The topological polar surface area (TPSA) is 107 Å². The van der Waals surface area contributed by atoms with E-state index >= 15 is 0 Å². The van der Waals surface area contributed by atoms with E-state index in [9.17, 15) is 13.5 Å². The second-order valence-corrected chi connectivity index (χ2v) is 9.00. The Morgan fingerprint density at radius 1 is 1.00 bits per heavy atom. The number of hydrogen-bond donors (Lipinski definition) is 3. The highest BCUT2D eigenvalue weighted by Crippen LogP contribution is 2.21. The minimum atomic E-state index is -3.47. The minimum absolute atomic E-state index is 0.208. The van der Waals surface area contributed by atoms with Crippen molar-refractivity contribution in [2.45, 2.75) is 4.90 Å². The maximum Gasteiger partial charge on any atom is 0.243 e. The average molecular weight is 438 g/mol. The Morgan fingerprint density at radius 2 is 1.77 bits per heavy atom. The molecule has 4 rings (SSSR count). The fourth-order valence-electron chi connectivity index (χ4n) is 3.19. The second-order valence-electron chi connectivity index (χ2n) is 7.06. The number of rotatable bonds is 6. The van der Waals surface area contributed by atoms with E-state index in [1.165, 1.54) is 4.31 Å². The number of aromatic hydroxyl groups is 1. The van der Waals surface area contributed by atoms with Crippen LogP contribution in [0.1, 0.15) is 11.3 Å². The molecule has 0 unspecified atom stereocenters. The van der Waals surface area contributed by atoms with Gasteiger partial charge in [-0.1, -0.05) is 18.2 Å². The van der Waals surface area contributed by atoms with Gasteiger partial charge in [0, 0.05) is 31.9 Å². The maximum atomic E-state index is 12.7. The van der Waals surface area contributed by atoms with E-state index in [1.807, 2.05) is 12.1 Å². The summed E-state index contributed by atoms with van der Waals surface area (Å²) in [7, 11) is -3.47. The van der Waals surface area contributed by atoms with Crippen LogP contribution in [0, 0.1) is 0 Å². The van der Waals surface area contributed by atoms with Crippen molar-refractivity contribution in [2.24, 2.45) is 0 Å². The molecular formula is C22H23N5O3S. The molecule has 3 N–H and O–H groups in total. The van der Waals surface area contributed by atoms with Gasteiger partial charge in [0.2, 0.25) is 10.0 Å². The zero-order chi connectivity index (χ0) is 21.7. The van der Waals surface area contributed by atoms with Crippen LogP contribution in [-0.2, 0) is 10.0 Å². The number of sulfonamides is 1. The Bertz CT molecular complexity index is 1160. The van der Waals surface area contributed by atoms with Crippen LogP contribution in [-0.4, -0.2) is 54.0 Å². The van der Waals surface area contributed by atoms with Crippen molar-refractivity contribution in [2.75, 3.05) is 31.5 Å². The number of piperazine rings is 1. The van der Waals surface area contributed by atoms with Gasteiger partial charge in [0.1, 0.15) is 11.6 Å². The molecule has 160 valence electrons. The van der Waals surface area contributed by atoms with Gasteiger partial charge in [0.25, 0.3) is 0 Å². The summed E-state index contributed by atoms with van der Waals surface area (Å²) >= 11 is 0. The van der Waals surface area contributed by atoms with E-state index in [1.54, 1.807) is 60.9 Å². The van der Waals surface area contributed by atoms with Crippen LogP contribution in [0.15, 0.2) is 65.8 Å². The molecule has 1 fully saturated rings. The molecule has 31 heavy (non-hydrogen) atoms. The summed E-state index contributed by atoms with van der Waals surface area (Å²) in [6.07, 6.45) is 6.88. The van der Waals surface area contributed by atoms with E-state index in [0.29, 0.717) is 37.7 Å². The largest absolute Gasteiger partial charge is 0.508 e. The number of nitrogens with zero attached hydrogens (tertiary/aromatic N) is 3. The summed E-state index contributed by atoms with van der Waals surface area (Å²) in [5.74, 6) is 0.756. The van der Waals surface area contributed by atoms with Crippen molar-refractivity contribution in [3.63, 3.8) is 0 Å². The third-order valence-corrected chi connectivity index (χ3v) is 6.74. The van der Waals surface area contributed by atoms with Crippen LogP contribution >= 0.6 is 0 Å². The predicted molar refractivity (Wildman–Crippen MR) is 120 cm³/mol. The van der Waals surface area contributed by atoms with Gasteiger partial charge < -0.3 is 15.7 Å². The normalized spacial score (nSPS) is 15.2. The van der Waals surface area contributed by atoms with Crippen LogP contribution in [0.3, 0.4) is 0 Å². The summed E-state index contributed by atoms with van der Waals surface area (Å²) in [5, 5.41) is 15.8. The number of benzene rings is 2. The summed E-state index contributed by atoms with van der Waals surface area (Å²) < 4.78 is 26.9. The Kier molecular flexibility index (Phi) is 6.26. The molecule has 0 saturated carbocycles. The van der Waals surface area contributed by atoms with Crippen molar-refractivity contribution >= 4 is 33.7 Å². The van der Waals surface area contributed by atoms with Crippen molar-refractivity contribution in [3.05, 3.63) is 72.2 Å². The zero-order valence-electron chi connectivity index (χ0n) is 16.8. The van der Waals surface area contributed by atoms with Gasteiger partial charge in [0.15, 0.2) is 0 Å². The molecule has 8 nitrogen and oxygen atoms in total. The molecule has 0 bridgehead atoms. The highest BCUT2D eigenvalue weighted by molar-refractivity contribution is 7.89. The summed E-state index contributed by atoms with van der Waals surface area (Å²) in [5.41, 5.74) is 2.25. The molecular weight excluding hydrogens is 414 g/mol. The molecule has 1 aromatic heterocycles. The number of nitrogens with one attached hydrogen (secondary N) is 2. The van der Waals surface area contributed by atoms with Gasteiger partial charge in [-0.25, -0.2) is 13.4 Å². The molecule has 1 aliphatic heterocycles.